The number of amides is 1. The fourth-order valence-electron chi connectivity index (χ4n) is 3.00. The maximum absolute atomic E-state index is 12.5. The third-order valence-electron chi connectivity index (χ3n) is 4.27. The van der Waals surface area contributed by atoms with Crippen molar-refractivity contribution in [3.05, 3.63) is 53.7 Å². The summed E-state index contributed by atoms with van der Waals surface area (Å²) in [6.45, 7) is 0.645. The number of pyridine rings is 1. The molecule has 3 rings (SSSR count). The Kier molecular flexibility index (Phi) is 4.97. The molecular weight excluding hydrogens is 306 g/mol. The number of hydrogen-bond acceptors (Lipinski definition) is 5. The minimum absolute atomic E-state index is 0.190. The van der Waals surface area contributed by atoms with Gasteiger partial charge < -0.3 is 19.7 Å². The van der Waals surface area contributed by atoms with Crippen LogP contribution in [0.25, 0.3) is 0 Å². The van der Waals surface area contributed by atoms with Gasteiger partial charge in [0.05, 0.1) is 24.4 Å². The predicted octanol–water partition coefficient (Wildman–Crippen LogP) is 1.98. The normalized spacial score (nSPS) is 21.3. The van der Waals surface area contributed by atoms with Gasteiger partial charge >= 0.3 is 0 Å². The first kappa shape index (κ1) is 16.7. The number of nitrogens with one attached hydrogen (secondary N) is 1. The van der Waals surface area contributed by atoms with Crippen molar-refractivity contribution < 1.29 is 14.3 Å². The summed E-state index contributed by atoms with van der Waals surface area (Å²) in [7, 11) is 3.89. The minimum atomic E-state index is -0.284. The van der Waals surface area contributed by atoms with E-state index in [2.05, 4.69) is 10.3 Å². The van der Waals surface area contributed by atoms with Gasteiger partial charge in [0, 0.05) is 6.20 Å². The van der Waals surface area contributed by atoms with E-state index >= 15 is 0 Å². The van der Waals surface area contributed by atoms with Gasteiger partial charge in [0.15, 0.2) is 5.76 Å². The van der Waals surface area contributed by atoms with Crippen LogP contribution in [0.4, 0.5) is 0 Å². The second kappa shape index (κ2) is 7.15. The first-order valence-corrected chi connectivity index (χ1v) is 8.16. The molecule has 0 aromatic carbocycles. The molecule has 0 bridgehead atoms. The smallest absolute Gasteiger partial charge is 0.287 e. The number of furan rings is 1. The first-order chi connectivity index (χ1) is 11.5. The number of nitrogens with zero attached hydrogens (tertiary/aromatic N) is 2. The lowest BCUT2D eigenvalue weighted by Gasteiger charge is -2.37. The molecule has 1 atom stereocenters. The van der Waals surface area contributed by atoms with E-state index in [-0.39, 0.29) is 24.0 Å². The van der Waals surface area contributed by atoms with Gasteiger partial charge in [-0.05, 0) is 57.1 Å². The Hall–Kier alpha value is -2.18. The van der Waals surface area contributed by atoms with Gasteiger partial charge in [-0.3, -0.25) is 9.78 Å². The second-order valence-corrected chi connectivity index (χ2v) is 6.59. The van der Waals surface area contributed by atoms with Crippen LogP contribution in [0.2, 0.25) is 0 Å². The molecule has 2 aromatic heterocycles. The van der Waals surface area contributed by atoms with Gasteiger partial charge in [-0.25, -0.2) is 0 Å². The molecule has 2 aromatic rings. The third kappa shape index (κ3) is 3.83. The van der Waals surface area contributed by atoms with E-state index in [9.17, 15) is 9.90 Å². The van der Waals surface area contributed by atoms with E-state index in [1.807, 2.05) is 43.3 Å². The number of rotatable bonds is 6. The Bertz CT molecular complexity index is 678. The van der Waals surface area contributed by atoms with Crippen LogP contribution >= 0.6 is 0 Å². The average molecular weight is 329 g/mol. The van der Waals surface area contributed by atoms with Gasteiger partial charge in [0.25, 0.3) is 5.91 Å². The molecule has 128 valence electrons. The van der Waals surface area contributed by atoms with Crippen LogP contribution in [0.3, 0.4) is 0 Å². The zero-order chi connectivity index (χ0) is 17.1. The topological polar surface area (TPSA) is 78.6 Å². The number of aromatic nitrogens is 1. The lowest BCUT2D eigenvalue weighted by atomic mass is 9.76. The van der Waals surface area contributed by atoms with E-state index in [0.717, 1.165) is 11.5 Å². The molecule has 1 aliphatic rings. The molecule has 1 amide bonds. The summed E-state index contributed by atoms with van der Waals surface area (Å²) < 4.78 is 5.62. The Morgan fingerprint density at radius 2 is 2.17 bits per heavy atom. The Morgan fingerprint density at radius 3 is 2.79 bits per heavy atom. The van der Waals surface area contributed by atoms with E-state index in [0.29, 0.717) is 25.1 Å². The Balaban J connectivity index is 1.72. The molecular formula is C18H23N3O3. The molecule has 1 fully saturated rings. The fraction of sp³-hybridized carbons (Fsp3) is 0.444. The molecule has 2 heterocycles. The van der Waals surface area contributed by atoms with E-state index in [1.165, 1.54) is 0 Å². The summed E-state index contributed by atoms with van der Waals surface area (Å²) in [5.41, 5.74) is 0.808. The highest BCUT2D eigenvalue weighted by molar-refractivity contribution is 5.91. The van der Waals surface area contributed by atoms with Gasteiger partial charge in [-0.15, -0.1) is 0 Å². The van der Waals surface area contributed by atoms with Crippen LogP contribution in [0.5, 0.6) is 0 Å². The summed E-state index contributed by atoms with van der Waals surface area (Å²) in [6, 6.07) is 8.94. The van der Waals surface area contributed by atoms with Gasteiger partial charge in [0.2, 0.25) is 0 Å². The van der Waals surface area contributed by atoms with E-state index in [4.69, 9.17) is 4.42 Å². The zero-order valence-corrected chi connectivity index (χ0v) is 14.0. The molecule has 6 heteroatoms. The van der Waals surface area contributed by atoms with Crippen molar-refractivity contribution >= 4 is 5.91 Å². The third-order valence-corrected chi connectivity index (χ3v) is 4.27. The lowest BCUT2D eigenvalue weighted by Crippen LogP contribution is -2.41. The number of aliphatic hydroxyl groups excluding tert-OH is 1. The number of carbonyl (C=O) groups excluding carboxylic acids is 1. The van der Waals surface area contributed by atoms with Crippen LogP contribution in [-0.4, -0.2) is 41.1 Å². The second-order valence-electron chi connectivity index (χ2n) is 6.59. The van der Waals surface area contributed by atoms with Crippen molar-refractivity contribution in [1.82, 2.24) is 15.2 Å². The summed E-state index contributed by atoms with van der Waals surface area (Å²) in [4.78, 5) is 18.9. The van der Waals surface area contributed by atoms with Crippen LogP contribution in [0.15, 0.2) is 40.9 Å². The highest BCUT2D eigenvalue weighted by atomic mass is 16.4. The van der Waals surface area contributed by atoms with Crippen molar-refractivity contribution in [2.45, 2.75) is 31.5 Å². The Morgan fingerprint density at radius 1 is 1.38 bits per heavy atom. The number of aliphatic hydroxyl groups is 1. The molecule has 1 aliphatic carbocycles. The van der Waals surface area contributed by atoms with E-state index < -0.39 is 0 Å². The number of carbonyl (C=O) groups is 1. The van der Waals surface area contributed by atoms with Crippen molar-refractivity contribution in [3.8, 4) is 0 Å². The maximum Gasteiger partial charge on any atom is 0.287 e. The quantitative estimate of drug-likeness (QED) is 0.847. The minimum Gasteiger partial charge on any atom is -0.455 e. The Labute approximate surface area is 141 Å². The maximum atomic E-state index is 12.5. The van der Waals surface area contributed by atoms with E-state index in [1.54, 1.807) is 12.3 Å². The van der Waals surface area contributed by atoms with Crippen LogP contribution < -0.4 is 5.32 Å². The first-order valence-electron chi connectivity index (χ1n) is 8.16. The zero-order valence-electron chi connectivity index (χ0n) is 14.0. The van der Waals surface area contributed by atoms with Gasteiger partial charge in [-0.2, -0.15) is 0 Å². The highest BCUT2D eigenvalue weighted by Crippen LogP contribution is 2.37. The molecule has 24 heavy (non-hydrogen) atoms. The van der Waals surface area contributed by atoms with Gasteiger partial charge in [-0.1, -0.05) is 6.07 Å². The molecule has 0 saturated heterocycles. The summed E-state index contributed by atoms with van der Waals surface area (Å²) in [5, 5.41) is 12.6. The summed E-state index contributed by atoms with van der Waals surface area (Å²) >= 11 is 0. The molecule has 1 saturated carbocycles. The highest BCUT2D eigenvalue weighted by Gasteiger charge is 2.36. The van der Waals surface area contributed by atoms with Crippen LogP contribution in [0, 0.1) is 5.92 Å². The molecule has 0 aliphatic heterocycles. The fourth-order valence-corrected chi connectivity index (χ4v) is 3.00. The van der Waals surface area contributed by atoms with Crippen molar-refractivity contribution in [1.29, 1.82) is 0 Å². The SMILES string of the molecule is CN(C)Cc1ccc(C(=O)N[C@@H](c2ccccn2)C2CC(O)C2)o1. The number of hydrogen-bond donors (Lipinski definition) is 2. The lowest BCUT2D eigenvalue weighted by molar-refractivity contribution is 0.0225. The van der Waals surface area contributed by atoms with Crippen molar-refractivity contribution in [3.63, 3.8) is 0 Å². The molecule has 6 nitrogen and oxygen atoms in total. The monoisotopic (exact) mass is 329 g/mol. The predicted molar refractivity (Wildman–Crippen MR) is 89.3 cm³/mol. The molecule has 0 spiro atoms. The van der Waals surface area contributed by atoms with Crippen molar-refractivity contribution in [2.24, 2.45) is 5.92 Å². The summed E-state index contributed by atoms with van der Waals surface area (Å²) in [6.07, 6.45) is 2.77. The van der Waals surface area contributed by atoms with Gasteiger partial charge in [0.1, 0.15) is 5.76 Å². The molecule has 0 unspecified atom stereocenters. The molecule has 0 radical (unpaired) electrons. The average Bonchev–Trinajstić information content (AvgIpc) is 2.98. The summed E-state index contributed by atoms with van der Waals surface area (Å²) in [5.74, 6) is 0.985. The van der Waals surface area contributed by atoms with Crippen LogP contribution in [-0.2, 0) is 6.54 Å². The molecule has 2 N–H and O–H groups in total. The largest absolute Gasteiger partial charge is 0.455 e. The standard InChI is InChI=1S/C18H23N3O3/c1-21(2)11-14-6-7-16(24-14)18(23)20-17(12-9-13(22)10-12)15-5-3-4-8-19-15/h3-8,12-13,17,22H,9-11H2,1-2H3,(H,20,23)/t12?,13?,17-/m1/s1. The van der Waals surface area contributed by atoms with Crippen LogP contribution in [0.1, 0.15) is 40.9 Å². The van der Waals surface area contributed by atoms with Crippen molar-refractivity contribution in [2.75, 3.05) is 14.1 Å².